The van der Waals surface area contributed by atoms with Crippen molar-refractivity contribution >= 4 is 55.1 Å². The summed E-state index contributed by atoms with van der Waals surface area (Å²) in [5.41, 5.74) is 5.72. The molecule has 0 spiro atoms. The SMILES string of the molecule is COc1ccccc1NC(=O)C(C)Sc1ncnc2c1sc1nc(CC(C)C)c3c(c12)CCC3. The quantitative estimate of drug-likeness (QED) is 0.250. The third kappa shape index (κ3) is 4.25. The van der Waals surface area contributed by atoms with Gasteiger partial charge in [0.2, 0.25) is 5.91 Å². The lowest BCUT2D eigenvalue weighted by Crippen LogP contribution is -2.22. The first-order valence-electron chi connectivity index (χ1n) is 11.6. The van der Waals surface area contributed by atoms with Gasteiger partial charge < -0.3 is 10.1 Å². The molecule has 0 bridgehead atoms. The Bertz CT molecular complexity index is 1380. The van der Waals surface area contributed by atoms with E-state index in [2.05, 4.69) is 29.1 Å². The molecule has 1 N–H and O–H groups in total. The van der Waals surface area contributed by atoms with Crippen molar-refractivity contribution in [3.63, 3.8) is 0 Å². The number of amides is 1. The van der Waals surface area contributed by atoms with E-state index in [-0.39, 0.29) is 11.2 Å². The lowest BCUT2D eigenvalue weighted by Gasteiger charge is -2.14. The number of ether oxygens (including phenoxy) is 1. The van der Waals surface area contributed by atoms with Crippen molar-refractivity contribution in [3.05, 3.63) is 47.4 Å². The molecule has 1 unspecified atom stereocenters. The molecule has 3 aromatic heterocycles. The monoisotopic (exact) mass is 492 g/mol. The molecule has 8 heteroatoms. The van der Waals surface area contributed by atoms with Gasteiger partial charge in [-0.15, -0.1) is 11.3 Å². The number of para-hydroxylation sites is 2. The second kappa shape index (κ2) is 9.50. The molecule has 1 aliphatic rings. The number of aryl methyl sites for hydroxylation is 1. The van der Waals surface area contributed by atoms with Crippen LogP contribution < -0.4 is 10.1 Å². The number of thioether (sulfide) groups is 1. The minimum atomic E-state index is -0.344. The van der Waals surface area contributed by atoms with Gasteiger partial charge in [-0.05, 0) is 61.8 Å². The number of hydrogen-bond acceptors (Lipinski definition) is 7. The lowest BCUT2D eigenvalue weighted by molar-refractivity contribution is -0.115. The summed E-state index contributed by atoms with van der Waals surface area (Å²) >= 11 is 3.11. The van der Waals surface area contributed by atoms with Crippen LogP contribution in [0.3, 0.4) is 0 Å². The van der Waals surface area contributed by atoms with Crippen LogP contribution in [0.1, 0.15) is 44.0 Å². The van der Waals surface area contributed by atoms with Crippen molar-refractivity contribution < 1.29 is 9.53 Å². The molecule has 4 aromatic rings. The van der Waals surface area contributed by atoms with Crippen molar-refractivity contribution in [1.29, 1.82) is 0 Å². The van der Waals surface area contributed by atoms with Crippen molar-refractivity contribution in [2.45, 2.75) is 56.7 Å². The Labute approximate surface area is 207 Å². The predicted molar refractivity (Wildman–Crippen MR) is 140 cm³/mol. The first-order chi connectivity index (χ1) is 16.5. The Morgan fingerprint density at radius 1 is 1.18 bits per heavy atom. The zero-order chi connectivity index (χ0) is 23.8. The third-order valence-corrected chi connectivity index (χ3v) is 8.46. The standard InChI is InChI=1S/C26H28N4O2S2/c1-14(2)12-19-16-8-7-9-17(16)21-22-23(34-25(21)30-19)26(28-13-27-22)33-15(3)24(31)29-18-10-5-6-11-20(18)32-4/h5-6,10-11,13-15H,7-9,12H2,1-4H3,(H,29,31). The highest BCUT2D eigenvalue weighted by Crippen LogP contribution is 2.42. The molecular formula is C26H28N4O2S2. The van der Waals surface area contributed by atoms with E-state index in [9.17, 15) is 4.79 Å². The number of fused-ring (bicyclic) bond motifs is 5. The molecule has 5 rings (SSSR count). The average Bonchev–Trinajstić information content (AvgIpc) is 3.44. The Hall–Kier alpha value is -2.71. The molecule has 3 heterocycles. The van der Waals surface area contributed by atoms with Crippen LogP contribution in [-0.4, -0.2) is 33.2 Å². The Morgan fingerprint density at radius 2 is 1.97 bits per heavy atom. The maximum absolute atomic E-state index is 13.0. The van der Waals surface area contributed by atoms with Gasteiger partial charge in [-0.25, -0.2) is 15.0 Å². The molecule has 6 nitrogen and oxygen atoms in total. The number of nitrogens with one attached hydrogen (secondary N) is 1. The number of hydrogen-bond donors (Lipinski definition) is 1. The molecule has 0 radical (unpaired) electrons. The molecule has 0 aliphatic heterocycles. The van der Waals surface area contributed by atoms with Crippen LogP contribution in [0.5, 0.6) is 5.75 Å². The minimum Gasteiger partial charge on any atom is -0.495 e. The summed E-state index contributed by atoms with van der Waals surface area (Å²) in [7, 11) is 1.60. The summed E-state index contributed by atoms with van der Waals surface area (Å²) in [6.45, 7) is 6.39. The molecule has 1 aromatic carbocycles. The van der Waals surface area contributed by atoms with Gasteiger partial charge in [0.05, 0.1) is 28.3 Å². The molecular weight excluding hydrogens is 464 g/mol. The summed E-state index contributed by atoms with van der Waals surface area (Å²) in [5, 5.41) is 4.65. The van der Waals surface area contributed by atoms with Gasteiger partial charge in [0.25, 0.3) is 0 Å². The van der Waals surface area contributed by atoms with E-state index in [1.54, 1.807) is 24.8 Å². The molecule has 0 saturated heterocycles. The van der Waals surface area contributed by atoms with Gasteiger partial charge in [-0.1, -0.05) is 37.7 Å². The van der Waals surface area contributed by atoms with E-state index < -0.39 is 0 Å². The van der Waals surface area contributed by atoms with Crippen LogP contribution in [0.25, 0.3) is 20.4 Å². The Morgan fingerprint density at radius 3 is 2.76 bits per heavy atom. The van der Waals surface area contributed by atoms with Gasteiger partial charge in [0, 0.05) is 11.1 Å². The molecule has 176 valence electrons. The summed E-state index contributed by atoms with van der Waals surface area (Å²) in [4.78, 5) is 28.3. The van der Waals surface area contributed by atoms with Crippen LogP contribution in [0.15, 0.2) is 35.6 Å². The van der Waals surface area contributed by atoms with E-state index in [4.69, 9.17) is 9.72 Å². The summed E-state index contributed by atoms with van der Waals surface area (Å²) in [6.07, 6.45) is 5.97. The molecule has 1 atom stereocenters. The normalized spacial score (nSPS) is 14.0. The van der Waals surface area contributed by atoms with Gasteiger partial charge in [0.15, 0.2) is 0 Å². The molecule has 1 amide bonds. The fraction of sp³-hybridized carbons (Fsp3) is 0.385. The summed E-state index contributed by atoms with van der Waals surface area (Å²) in [6, 6.07) is 7.42. The number of thiophene rings is 1. The smallest absolute Gasteiger partial charge is 0.237 e. The lowest BCUT2D eigenvalue weighted by atomic mass is 9.99. The first kappa shape index (κ1) is 23.1. The Kier molecular flexibility index (Phi) is 6.44. The molecule has 0 fully saturated rings. The van der Waals surface area contributed by atoms with E-state index in [1.165, 1.54) is 40.4 Å². The maximum Gasteiger partial charge on any atom is 0.237 e. The van der Waals surface area contributed by atoms with E-state index >= 15 is 0 Å². The number of aromatic nitrogens is 3. The van der Waals surface area contributed by atoms with Gasteiger partial charge in [0.1, 0.15) is 21.9 Å². The van der Waals surface area contributed by atoms with Crippen LogP contribution in [0.4, 0.5) is 5.69 Å². The second-order valence-corrected chi connectivity index (χ2v) is 11.4. The largest absolute Gasteiger partial charge is 0.495 e. The van der Waals surface area contributed by atoms with Crippen molar-refractivity contribution in [3.8, 4) is 5.75 Å². The number of methoxy groups -OCH3 is 1. The van der Waals surface area contributed by atoms with E-state index in [1.807, 2.05) is 31.2 Å². The third-order valence-electron chi connectivity index (χ3n) is 6.15. The predicted octanol–water partition coefficient (Wildman–Crippen LogP) is 6.05. The topological polar surface area (TPSA) is 77.0 Å². The zero-order valence-electron chi connectivity index (χ0n) is 19.8. The number of carbonyl (C=O) groups is 1. The fourth-order valence-corrected chi connectivity index (χ4v) is 6.74. The number of anilines is 1. The van der Waals surface area contributed by atoms with Gasteiger partial charge in [-0.3, -0.25) is 4.79 Å². The Balaban J connectivity index is 1.48. The van der Waals surface area contributed by atoms with Gasteiger partial charge in [-0.2, -0.15) is 0 Å². The van der Waals surface area contributed by atoms with E-state index in [0.717, 1.165) is 39.3 Å². The molecule has 34 heavy (non-hydrogen) atoms. The number of pyridine rings is 1. The average molecular weight is 493 g/mol. The highest BCUT2D eigenvalue weighted by molar-refractivity contribution is 8.00. The van der Waals surface area contributed by atoms with Crippen molar-refractivity contribution in [1.82, 2.24) is 15.0 Å². The number of rotatable bonds is 7. The van der Waals surface area contributed by atoms with E-state index in [0.29, 0.717) is 17.4 Å². The highest BCUT2D eigenvalue weighted by atomic mass is 32.2. The van der Waals surface area contributed by atoms with Gasteiger partial charge >= 0.3 is 0 Å². The van der Waals surface area contributed by atoms with Crippen molar-refractivity contribution in [2.75, 3.05) is 12.4 Å². The highest BCUT2D eigenvalue weighted by Gasteiger charge is 2.26. The van der Waals surface area contributed by atoms with Crippen LogP contribution in [0, 0.1) is 5.92 Å². The minimum absolute atomic E-state index is 0.0967. The number of carbonyl (C=O) groups excluding carboxylic acids is 1. The number of benzene rings is 1. The van der Waals surface area contributed by atoms with Crippen LogP contribution >= 0.6 is 23.1 Å². The van der Waals surface area contributed by atoms with Crippen LogP contribution in [-0.2, 0) is 24.1 Å². The second-order valence-electron chi connectivity index (χ2n) is 9.06. The number of nitrogens with zero attached hydrogens (tertiary/aromatic N) is 3. The summed E-state index contributed by atoms with van der Waals surface area (Å²) in [5.74, 6) is 1.11. The first-order valence-corrected chi connectivity index (χ1v) is 13.3. The maximum atomic E-state index is 13.0. The van der Waals surface area contributed by atoms with Crippen molar-refractivity contribution in [2.24, 2.45) is 5.92 Å². The fourth-order valence-electron chi connectivity index (χ4n) is 4.60. The molecule has 1 aliphatic carbocycles. The van der Waals surface area contributed by atoms with Crippen LogP contribution in [0.2, 0.25) is 0 Å². The zero-order valence-corrected chi connectivity index (χ0v) is 21.5. The summed E-state index contributed by atoms with van der Waals surface area (Å²) < 4.78 is 6.37. The molecule has 0 saturated carbocycles.